The first-order valence-electron chi connectivity index (χ1n) is 3.18. The van der Waals surface area contributed by atoms with Crippen LogP contribution in [-0.2, 0) is 4.79 Å². The van der Waals surface area contributed by atoms with E-state index in [2.05, 4.69) is 24.8 Å². The van der Waals surface area contributed by atoms with Gasteiger partial charge in [0.25, 0.3) is 0 Å². The summed E-state index contributed by atoms with van der Waals surface area (Å²) in [4.78, 5) is 10.6. The van der Waals surface area contributed by atoms with Gasteiger partial charge in [-0.3, -0.25) is 4.79 Å². The standard InChI is InChI=1S/C7H10OS/c8-7(9)6-4-2-1-3-5-6/h1-2,6H,3-5H2,(H,8,9). The summed E-state index contributed by atoms with van der Waals surface area (Å²) in [6.45, 7) is 0. The van der Waals surface area contributed by atoms with Gasteiger partial charge in [-0.05, 0) is 19.3 Å². The van der Waals surface area contributed by atoms with Crippen LogP contribution in [0.15, 0.2) is 12.2 Å². The molecule has 0 spiro atoms. The third kappa shape index (κ3) is 1.86. The minimum atomic E-state index is 0.0411. The molecule has 0 heterocycles. The van der Waals surface area contributed by atoms with Gasteiger partial charge in [0.05, 0.1) is 0 Å². The molecule has 50 valence electrons. The maximum Gasteiger partial charge on any atom is 0.189 e. The zero-order valence-corrected chi connectivity index (χ0v) is 6.10. The van der Waals surface area contributed by atoms with Gasteiger partial charge in [-0.15, -0.1) is 12.6 Å². The van der Waals surface area contributed by atoms with E-state index >= 15 is 0 Å². The van der Waals surface area contributed by atoms with E-state index in [1.54, 1.807) is 0 Å². The highest BCUT2D eigenvalue weighted by atomic mass is 32.1. The summed E-state index contributed by atoms with van der Waals surface area (Å²) >= 11 is 3.77. The van der Waals surface area contributed by atoms with Gasteiger partial charge in [-0.25, -0.2) is 0 Å². The number of hydrogen-bond donors (Lipinski definition) is 1. The van der Waals surface area contributed by atoms with Crippen molar-refractivity contribution in [2.75, 3.05) is 0 Å². The fourth-order valence-electron chi connectivity index (χ4n) is 1.02. The normalized spacial score (nSPS) is 26.1. The van der Waals surface area contributed by atoms with Crippen LogP contribution in [0.4, 0.5) is 0 Å². The Morgan fingerprint density at radius 1 is 1.56 bits per heavy atom. The van der Waals surface area contributed by atoms with E-state index in [-0.39, 0.29) is 11.0 Å². The molecule has 0 aliphatic heterocycles. The van der Waals surface area contributed by atoms with Gasteiger partial charge >= 0.3 is 0 Å². The second kappa shape index (κ2) is 3.06. The summed E-state index contributed by atoms with van der Waals surface area (Å²) in [7, 11) is 0. The highest BCUT2D eigenvalue weighted by Gasteiger charge is 2.14. The third-order valence-corrected chi connectivity index (χ3v) is 1.98. The van der Waals surface area contributed by atoms with Crippen LogP contribution >= 0.6 is 12.6 Å². The molecule has 1 nitrogen and oxygen atoms in total. The number of thiol groups is 1. The van der Waals surface area contributed by atoms with Gasteiger partial charge in [0.15, 0.2) is 5.12 Å². The van der Waals surface area contributed by atoms with Crippen LogP contribution in [0.25, 0.3) is 0 Å². The molecule has 1 rings (SSSR count). The molecule has 9 heavy (non-hydrogen) atoms. The zero-order chi connectivity index (χ0) is 6.69. The Kier molecular flexibility index (Phi) is 2.34. The lowest BCUT2D eigenvalue weighted by Gasteiger charge is -2.12. The lowest BCUT2D eigenvalue weighted by molar-refractivity contribution is -0.114. The molecule has 1 atom stereocenters. The molecular formula is C7H10OS. The van der Waals surface area contributed by atoms with Gasteiger partial charge in [0, 0.05) is 5.92 Å². The van der Waals surface area contributed by atoms with Crippen LogP contribution in [0.1, 0.15) is 19.3 Å². The topological polar surface area (TPSA) is 17.1 Å². The van der Waals surface area contributed by atoms with Gasteiger partial charge in [0.1, 0.15) is 0 Å². The minimum absolute atomic E-state index is 0.0411. The highest BCUT2D eigenvalue weighted by molar-refractivity contribution is 7.96. The maximum atomic E-state index is 10.6. The average molecular weight is 142 g/mol. The predicted octanol–water partition coefficient (Wildman–Crippen LogP) is 1.80. The molecule has 2 heteroatoms. The molecule has 1 aliphatic carbocycles. The Labute approximate surface area is 60.6 Å². The summed E-state index contributed by atoms with van der Waals surface area (Å²) in [5, 5.41) is 0.0411. The molecule has 0 N–H and O–H groups in total. The molecule has 0 aromatic rings. The first-order valence-corrected chi connectivity index (χ1v) is 3.63. The van der Waals surface area contributed by atoms with E-state index in [0.717, 1.165) is 19.3 Å². The molecule has 0 aromatic heterocycles. The van der Waals surface area contributed by atoms with Crippen molar-refractivity contribution in [2.24, 2.45) is 5.92 Å². The summed E-state index contributed by atoms with van der Waals surface area (Å²) in [5.41, 5.74) is 0. The second-order valence-corrected chi connectivity index (χ2v) is 2.76. The fraction of sp³-hybridized carbons (Fsp3) is 0.571. The van der Waals surface area contributed by atoms with Gasteiger partial charge in [-0.2, -0.15) is 0 Å². The van der Waals surface area contributed by atoms with Crippen molar-refractivity contribution < 1.29 is 4.79 Å². The lowest BCUT2D eigenvalue weighted by Crippen LogP contribution is -2.09. The van der Waals surface area contributed by atoms with Gasteiger partial charge in [-0.1, -0.05) is 12.2 Å². The van der Waals surface area contributed by atoms with Crippen molar-refractivity contribution in [3.05, 3.63) is 12.2 Å². The van der Waals surface area contributed by atoms with Crippen molar-refractivity contribution in [1.82, 2.24) is 0 Å². The zero-order valence-electron chi connectivity index (χ0n) is 5.21. The van der Waals surface area contributed by atoms with Crippen LogP contribution in [0, 0.1) is 5.92 Å². The second-order valence-electron chi connectivity index (χ2n) is 2.32. The van der Waals surface area contributed by atoms with Crippen LogP contribution < -0.4 is 0 Å². The lowest BCUT2D eigenvalue weighted by atomic mass is 9.96. The van der Waals surface area contributed by atoms with Gasteiger partial charge in [0.2, 0.25) is 0 Å². The van der Waals surface area contributed by atoms with E-state index in [4.69, 9.17) is 0 Å². The Balaban J connectivity index is 2.44. The Morgan fingerprint density at radius 2 is 2.33 bits per heavy atom. The Bertz CT molecular complexity index is 140. The number of carbonyl (C=O) groups excluding carboxylic acids is 1. The third-order valence-electron chi connectivity index (χ3n) is 1.62. The van der Waals surface area contributed by atoms with Crippen LogP contribution in [0.2, 0.25) is 0 Å². The highest BCUT2D eigenvalue weighted by Crippen LogP contribution is 2.19. The number of hydrogen-bond acceptors (Lipinski definition) is 1. The summed E-state index contributed by atoms with van der Waals surface area (Å²) < 4.78 is 0. The minimum Gasteiger partial charge on any atom is -0.287 e. The van der Waals surface area contributed by atoms with Crippen molar-refractivity contribution >= 4 is 17.7 Å². The van der Waals surface area contributed by atoms with Crippen molar-refractivity contribution in [2.45, 2.75) is 19.3 Å². The Hall–Kier alpha value is -0.240. The van der Waals surface area contributed by atoms with E-state index in [1.807, 2.05) is 0 Å². The van der Waals surface area contributed by atoms with Gasteiger partial charge < -0.3 is 0 Å². The van der Waals surface area contributed by atoms with E-state index < -0.39 is 0 Å². The van der Waals surface area contributed by atoms with E-state index in [0.29, 0.717) is 0 Å². The average Bonchev–Trinajstić information content (AvgIpc) is 1.90. The summed E-state index contributed by atoms with van der Waals surface area (Å²) in [6.07, 6.45) is 7.09. The first kappa shape index (κ1) is 6.87. The van der Waals surface area contributed by atoms with Crippen molar-refractivity contribution in [1.29, 1.82) is 0 Å². The number of allylic oxidation sites excluding steroid dienone is 2. The molecule has 1 aliphatic rings. The fourth-order valence-corrected chi connectivity index (χ4v) is 1.25. The van der Waals surface area contributed by atoms with Crippen molar-refractivity contribution in [3.8, 4) is 0 Å². The van der Waals surface area contributed by atoms with Crippen molar-refractivity contribution in [3.63, 3.8) is 0 Å². The molecule has 0 radical (unpaired) electrons. The summed E-state index contributed by atoms with van der Waals surface area (Å²) in [6, 6.07) is 0. The molecule has 0 fully saturated rings. The first-order chi connectivity index (χ1) is 4.30. The molecule has 0 aromatic carbocycles. The molecule has 0 saturated carbocycles. The molecule has 1 unspecified atom stereocenters. The van der Waals surface area contributed by atoms with Crippen LogP contribution in [0.3, 0.4) is 0 Å². The van der Waals surface area contributed by atoms with E-state index in [1.165, 1.54) is 0 Å². The Morgan fingerprint density at radius 3 is 2.67 bits per heavy atom. The molecule has 0 bridgehead atoms. The maximum absolute atomic E-state index is 10.6. The SMILES string of the molecule is O=C(S)C1CC=CCC1. The largest absolute Gasteiger partial charge is 0.287 e. The molecular weight excluding hydrogens is 132 g/mol. The molecule has 0 amide bonds. The quantitative estimate of drug-likeness (QED) is 0.436. The van der Waals surface area contributed by atoms with Crippen LogP contribution in [0.5, 0.6) is 0 Å². The molecule has 0 saturated heterocycles. The predicted molar refractivity (Wildman–Crippen MR) is 40.5 cm³/mol. The van der Waals surface area contributed by atoms with Crippen LogP contribution in [-0.4, -0.2) is 5.12 Å². The number of rotatable bonds is 1. The van der Waals surface area contributed by atoms with E-state index in [9.17, 15) is 4.79 Å². The smallest absolute Gasteiger partial charge is 0.189 e. The monoisotopic (exact) mass is 142 g/mol. The summed E-state index contributed by atoms with van der Waals surface area (Å²) in [5.74, 6) is 0.193. The number of carbonyl (C=O) groups is 1.